The minimum atomic E-state index is -0.610. The van der Waals surface area contributed by atoms with Gasteiger partial charge in [0.15, 0.2) is 0 Å². The summed E-state index contributed by atoms with van der Waals surface area (Å²) >= 11 is 13.4. The number of nitrogens with zero attached hydrogens (tertiary/aromatic N) is 1. The Morgan fingerprint density at radius 1 is 1.13 bits per heavy atom. The lowest BCUT2D eigenvalue weighted by atomic mass is 10.1. The van der Waals surface area contributed by atoms with Crippen molar-refractivity contribution in [1.29, 1.82) is 0 Å². The van der Waals surface area contributed by atoms with Gasteiger partial charge in [-0.1, -0.05) is 54.4 Å². The second-order valence-corrected chi connectivity index (χ2v) is 8.47. The van der Waals surface area contributed by atoms with Gasteiger partial charge >= 0.3 is 0 Å². The van der Waals surface area contributed by atoms with Crippen LogP contribution in [0.15, 0.2) is 42.5 Å². The molecule has 0 saturated heterocycles. The van der Waals surface area contributed by atoms with Gasteiger partial charge in [-0.2, -0.15) is 0 Å². The zero-order valence-electron chi connectivity index (χ0n) is 17.0. The molecule has 2 aromatic carbocycles. The summed E-state index contributed by atoms with van der Waals surface area (Å²) < 4.78 is 13.8. The molecule has 4 nitrogen and oxygen atoms in total. The lowest BCUT2D eigenvalue weighted by Gasteiger charge is -2.30. The first-order valence-electron chi connectivity index (χ1n) is 9.69. The Labute approximate surface area is 191 Å². The number of carbonyl (C=O) groups is 2. The SMILES string of the molecule is CCNC(=O)C(CC)N(Cc1ccc(Cl)c(Cl)c1)C(=O)CSCc1ccccc1F. The summed E-state index contributed by atoms with van der Waals surface area (Å²) in [5.41, 5.74) is 1.32. The van der Waals surface area contributed by atoms with E-state index in [4.69, 9.17) is 23.2 Å². The molecule has 162 valence electrons. The van der Waals surface area contributed by atoms with Crippen molar-refractivity contribution in [3.63, 3.8) is 0 Å². The van der Waals surface area contributed by atoms with Gasteiger partial charge in [-0.15, -0.1) is 11.8 Å². The number of nitrogens with one attached hydrogen (secondary N) is 1. The van der Waals surface area contributed by atoms with Crippen molar-refractivity contribution in [3.05, 3.63) is 69.5 Å². The quantitative estimate of drug-likeness (QED) is 0.511. The van der Waals surface area contributed by atoms with Crippen molar-refractivity contribution in [3.8, 4) is 0 Å². The monoisotopic (exact) mass is 470 g/mol. The number of amides is 2. The molecule has 2 rings (SSSR count). The van der Waals surface area contributed by atoms with Crippen molar-refractivity contribution >= 4 is 46.8 Å². The Hall–Kier alpha value is -1.76. The zero-order valence-corrected chi connectivity index (χ0v) is 19.3. The second kappa shape index (κ2) is 12.2. The molecule has 1 atom stereocenters. The second-order valence-electron chi connectivity index (χ2n) is 6.67. The molecule has 0 aliphatic carbocycles. The summed E-state index contributed by atoms with van der Waals surface area (Å²) in [5, 5.41) is 3.61. The van der Waals surface area contributed by atoms with Crippen molar-refractivity contribution in [2.75, 3.05) is 12.3 Å². The van der Waals surface area contributed by atoms with Crippen LogP contribution in [0.3, 0.4) is 0 Å². The molecule has 0 fully saturated rings. The number of hydrogen-bond acceptors (Lipinski definition) is 3. The molecule has 2 aromatic rings. The third-order valence-electron chi connectivity index (χ3n) is 4.51. The minimum Gasteiger partial charge on any atom is -0.355 e. The van der Waals surface area contributed by atoms with E-state index in [1.54, 1.807) is 41.3 Å². The third kappa shape index (κ3) is 6.89. The zero-order chi connectivity index (χ0) is 22.1. The Kier molecular flexibility index (Phi) is 9.95. The van der Waals surface area contributed by atoms with Crippen LogP contribution < -0.4 is 5.32 Å². The number of benzene rings is 2. The van der Waals surface area contributed by atoms with Crippen LogP contribution in [-0.4, -0.2) is 35.1 Å². The van der Waals surface area contributed by atoms with Gasteiger partial charge in [0, 0.05) is 18.8 Å². The molecule has 0 heterocycles. The first kappa shape index (κ1) is 24.5. The van der Waals surface area contributed by atoms with E-state index >= 15 is 0 Å². The lowest BCUT2D eigenvalue weighted by molar-refractivity contribution is -0.139. The maximum absolute atomic E-state index is 13.8. The molecule has 0 aliphatic rings. The van der Waals surface area contributed by atoms with E-state index in [9.17, 15) is 14.0 Å². The Bertz CT molecular complexity index is 882. The van der Waals surface area contributed by atoms with Gasteiger partial charge in [0.05, 0.1) is 15.8 Å². The summed E-state index contributed by atoms with van der Waals surface area (Å²) in [6.07, 6.45) is 0.469. The van der Waals surface area contributed by atoms with Crippen LogP contribution in [-0.2, 0) is 21.9 Å². The van der Waals surface area contributed by atoms with E-state index < -0.39 is 6.04 Å². The van der Waals surface area contributed by atoms with E-state index in [1.165, 1.54) is 17.8 Å². The van der Waals surface area contributed by atoms with Crippen LogP contribution in [0.4, 0.5) is 4.39 Å². The van der Waals surface area contributed by atoms with E-state index in [0.717, 1.165) is 5.56 Å². The minimum absolute atomic E-state index is 0.131. The average Bonchev–Trinajstić information content (AvgIpc) is 2.72. The van der Waals surface area contributed by atoms with Crippen molar-refractivity contribution in [1.82, 2.24) is 10.2 Å². The van der Waals surface area contributed by atoms with Crippen LogP contribution in [0.2, 0.25) is 10.0 Å². The lowest BCUT2D eigenvalue weighted by Crippen LogP contribution is -2.49. The molecule has 30 heavy (non-hydrogen) atoms. The van der Waals surface area contributed by atoms with Crippen molar-refractivity contribution in [2.45, 2.75) is 38.6 Å². The fourth-order valence-corrected chi connectivity index (χ4v) is 4.21. The summed E-state index contributed by atoms with van der Waals surface area (Å²) in [7, 11) is 0. The summed E-state index contributed by atoms with van der Waals surface area (Å²) in [6, 6.07) is 11.0. The number of hydrogen-bond donors (Lipinski definition) is 1. The van der Waals surface area contributed by atoms with E-state index in [-0.39, 0.29) is 29.9 Å². The summed E-state index contributed by atoms with van der Waals surface area (Å²) in [4.78, 5) is 27.2. The predicted octanol–water partition coefficient (Wildman–Crippen LogP) is 5.31. The van der Waals surface area contributed by atoms with Gasteiger partial charge in [0.2, 0.25) is 11.8 Å². The normalized spacial score (nSPS) is 11.8. The molecule has 0 spiro atoms. The molecule has 2 amide bonds. The van der Waals surface area contributed by atoms with Gasteiger partial charge < -0.3 is 10.2 Å². The molecular weight excluding hydrogens is 446 g/mol. The maximum atomic E-state index is 13.8. The smallest absolute Gasteiger partial charge is 0.242 e. The molecular formula is C22H25Cl2FN2O2S. The van der Waals surface area contributed by atoms with Crippen LogP contribution in [0.1, 0.15) is 31.4 Å². The van der Waals surface area contributed by atoms with Crippen LogP contribution in [0.5, 0.6) is 0 Å². The molecule has 8 heteroatoms. The number of rotatable bonds is 10. The van der Waals surface area contributed by atoms with E-state index in [0.29, 0.717) is 34.3 Å². The maximum Gasteiger partial charge on any atom is 0.242 e. The van der Waals surface area contributed by atoms with Crippen LogP contribution in [0.25, 0.3) is 0 Å². The Balaban J connectivity index is 2.15. The largest absolute Gasteiger partial charge is 0.355 e. The first-order valence-corrected chi connectivity index (χ1v) is 11.6. The summed E-state index contributed by atoms with van der Waals surface area (Å²) in [6.45, 7) is 4.40. The van der Waals surface area contributed by atoms with Gasteiger partial charge in [0.1, 0.15) is 11.9 Å². The topological polar surface area (TPSA) is 49.4 Å². The first-order chi connectivity index (χ1) is 14.4. The van der Waals surface area contributed by atoms with Crippen molar-refractivity contribution in [2.24, 2.45) is 0 Å². The number of thioether (sulfide) groups is 1. The predicted molar refractivity (Wildman–Crippen MR) is 122 cm³/mol. The van der Waals surface area contributed by atoms with Gasteiger partial charge in [-0.05, 0) is 42.7 Å². The highest BCUT2D eigenvalue weighted by Gasteiger charge is 2.28. The molecule has 0 radical (unpaired) electrons. The average molecular weight is 471 g/mol. The van der Waals surface area contributed by atoms with E-state index in [1.807, 2.05) is 13.8 Å². The van der Waals surface area contributed by atoms with Crippen LogP contribution in [0, 0.1) is 5.82 Å². The molecule has 0 saturated carbocycles. The van der Waals surface area contributed by atoms with Crippen LogP contribution >= 0.6 is 35.0 Å². The fourth-order valence-electron chi connectivity index (χ4n) is 2.99. The van der Waals surface area contributed by atoms with Gasteiger partial charge in [-0.3, -0.25) is 9.59 Å². The molecule has 0 aromatic heterocycles. The molecule has 1 N–H and O–H groups in total. The fraction of sp³-hybridized carbons (Fsp3) is 0.364. The highest BCUT2D eigenvalue weighted by Crippen LogP contribution is 2.24. The number of halogens is 3. The number of likely N-dealkylation sites (N-methyl/N-ethyl adjacent to an activating group) is 1. The number of carbonyl (C=O) groups excluding carboxylic acids is 2. The highest BCUT2D eigenvalue weighted by molar-refractivity contribution is 7.99. The standard InChI is InChI=1S/C22H25Cl2FN2O2S/c1-3-20(22(29)26-4-2)27(12-15-9-10-17(23)18(24)11-15)21(28)14-30-13-16-7-5-6-8-19(16)25/h5-11,20H,3-4,12-14H2,1-2H3,(H,26,29). The van der Waals surface area contributed by atoms with Crippen molar-refractivity contribution < 1.29 is 14.0 Å². The Morgan fingerprint density at radius 3 is 2.50 bits per heavy atom. The van der Waals surface area contributed by atoms with Gasteiger partial charge in [-0.25, -0.2) is 4.39 Å². The van der Waals surface area contributed by atoms with Gasteiger partial charge in [0.25, 0.3) is 0 Å². The van der Waals surface area contributed by atoms with E-state index in [2.05, 4.69) is 5.32 Å². The summed E-state index contributed by atoms with van der Waals surface area (Å²) in [5.74, 6) is -0.186. The third-order valence-corrected chi connectivity index (χ3v) is 6.22. The molecule has 0 bridgehead atoms. The molecule has 0 aliphatic heterocycles. The Morgan fingerprint density at radius 2 is 1.87 bits per heavy atom. The molecule has 1 unspecified atom stereocenters. The highest BCUT2D eigenvalue weighted by atomic mass is 35.5.